The molecular weight excluding hydrogens is 272 g/mol. The second kappa shape index (κ2) is 6.01. The fourth-order valence-corrected chi connectivity index (χ4v) is 1.98. The number of hydrogen-bond acceptors (Lipinski definition) is 4. The Morgan fingerprint density at radius 2 is 2.26 bits per heavy atom. The van der Waals surface area contributed by atoms with Crippen LogP contribution in [0.1, 0.15) is 10.4 Å². The first kappa shape index (κ1) is 13.8. The van der Waals surface area contributed by atoms with E-state index in [2.05, 4.69) is 10.6 Å². The van der Waals surface area contributed by atoms with Gasteiger partial charge < -0.3 is 20.5 Å². The molecule has 1 aliphatic heterocycles. The number of hydrogen-bond donors (Lipinski definition) is 3. The molecule has 102 valence electrons. The summed E-state index contributed by atoms with van der Waals surface area (Å²) in [5.74, 6) is -1.39. The minimum absolute atomic E-state index is 0.00440. The van der Waals surface area contributed by atoms with E-state index in [4.69, 9.17) is 21.4 Å². The maximum absolute atomic E-state index is 11.9. The maximum Gasteiger partial charge on any atom is 0.337 e. The highest BCUT2D eigenvalue weighted by atomic mass is 35.5. The third kappa shape index (κ3) is 3.44. The monoisotopic (exact) mass is 284 g/mol. The molecule has 7 heteroatoms. The first-order valence-electron chi connectivity index (χ1n) is 5.74. The predicted octanol–water partition coefficient (Wildman–Crippen LogP) is 0.965. The van der Waals surface area contributed by atoms with Gasteiger partial charge in [0, 0.05) is 18.8 Å². The van der Waals surface area contributed by atoms with Crippen LogP contribution in [-0.2, 0) is 9.53 Å². The molecule has 1 aromatic carbocycles. The SMILES string of the molecule is O=C(O)c1ccc(NC(=O)C2CNCCO2)cc1Cl. The molecule has 0 spiro atoms. The molecule has 1 aliphatic rings. The molecule has 0 saturated carbocycles. The number of carboxylic acid groups (broad SMARTS) is 1. The van der Waals surface area contributed by atoms with Crippen LogP contribution in [-0.4, -0.2) is 42.8 Å². The minimum Gasteiger partial charge on any atom is -0.478 e. The highest BCUT2D eigenvalue weighted by Crippen LogP contribution is 2.21. The molecule has 1 heterocycles. The summed E-state index contributed by atoms with van der Waals surface area (Å²) in [5.41, 5.74) is 0.435. The lowest BCUT2D eigenvalue weighted by Gasteiger charge is -2.22. The summed E-state index contributed by atoms with van der Waals surface area (Å²) >= 11 is 5.82. The molecule has 1 unspecified atom stereocenters. The van der Waals surface area contributed by atoms with Crippen LogP contribution in [0.2, 0.25) is 5.02 Å². The summed E-state index contributed by atoms with van der Waals surface area (Å²) in [7, 11) is 0. The second-order valence-electron chi connectivity index (χ2n) is 4.05. The number of rotatable bonds is 3. The van der Waals surface area contributed by atoms with Gasteiger partial charge in [-0.15, -0.1) is 0 Å². The number of carbonyl (C=O) groups is 2. The molecule has 1 atom stereocenters. The first-order chi connectivity index (χ1) is 9.08. The number of aromatic carboxylic acids is 1. The highest BCUT2D eigenvalue weighted by molar-refractivity contribution is 6.33. The molecule has 1 saturated heterocycles. The first-order valence-corrected chi connectivity index (χ1v) is 6.12. The molecule has 1 aromatic rings. The number of benzene rings is 1. The Bertz CT molecular complexity index is 501. The summed E-state index contributed by atoms with van der Waals surface area (Å²) < 4.78 is 5.30. The van der Waals surface area contributed by atoms with E-state index in [0.29, 0.717) is 18.8 Å². The van der Waals surface area contributed by atoms with Crippen molar-refractivity contribution in [1.29, 1.82) is 0 Å². The van der Waals surface area contributed by atoms with Gasteiger partial charge in [-0.05, 0) is 18.2 Å². The minimum atomic E-state index is -1.11. The quantitative estimate of drug-likeness (QED) is 0.770. The average Bonchev–Trinajstić information content (AvgIpc) is 2.39. The van der Waals surface area contributed by atoms with E-state index in [0.717, 1.165) is 6.54 Å². The van der Waals surface area contributed by atoms with Crippen molar-refractivity contribution in [3.05, 3.63) is 28.8 Å². The van der Waals surface area contributed by atoms with Gasteiger partial charge in [0.25, 0.3) is 5.91 Å². The third-order valence-electron chi connectivity index (χ3n) is 2.69. The number of halogens is 1. The predicted molar refractivity (Wildman–Crippen MR) is 69.7 cm³/mol. The van der Waals surface area contributed by atoms with Crippen molar-refractivity contribution in [1.82, 2.24) is 5.32 Å². The Labute approximate surface area is 114 Å². The standard InChI is InChI=1S/C12H13ClN2O4/c13-9-5-7(1-2-8(9)12(17)18)15-11(16)10-6-14-3-4-19-10/h1-2,5,10,14H,3-4,6H2,(H,15,16)(H,17,18). The molecule has 1 amide bonds. The smallest absolute Gasteiger partial charge is 0.337 e. The van der Waals surface area contributed by atoms with Crippen molar-refractivity contribution >= 4 is 29.2 Å². The van der Waals surface area contributed by atoms with Crippen LogP contribution in [0.4, 0.5) is 5.69 Å². The maximum atomic E-state index is 11.9. The van der Waals surface area contributed by atoms with Crippen LogP contribution < -0.4 is 10.6 Å². The largest absolute Gasteiger partial charge is 0.478 e. The van der Waals surface area contributed by atoms with Crippen molar-refractivity contribution in [2.24, 2.45) is 0 Å². The van der Waals surface area contributed by atoms with Crippen LogP contribution in [0.15, 0.2) is 18.2 Å². The van der Waals surface area contributed by atoms with E-state index in [9.17, 15) is 9.59 Å². The Balaban J connectivity index is 2.04. The van der Waals surface area contributed by atoms with E-state index < -0.39 is 12.1 Å². The fourth-order valence-electron chi connectivity index (χ4n) is 1.72. The molecule has 0 aliphatic carbocycles. The van der Waals surface area contributed by atoms with Gasteiger partial charge >= 0.3 is 5.97 Å². The molecule has 1 fully saturated rings. The number of amides is 1. The lowest BCUT2D eigenvalue weighted by molar-refractivity contribution is -0.128. The molecular formula is C12H13ClN2O4. The molecule has 0 aromatic heterocycles. The number of carbonyl (C=O) groups excluding carboxylic acids is 1. The molecule has 3 N–H and O–H groups in total. The van der Waals surface area contributed by atoms with E-state index in [-0.39, 0.29) is 16.5 Å². The van der Waals surface area contributed by atoms with Crippen molar-refractivity contribution in [3.63, 3.8) is 0 Å². The fraction of sp³-hybridized carbons (Fsp3) is 0.333. The number of anilines is 1. The van der Waals surface area contributed by atoms with Crippen LogP contribution in [0.25, 0.3) is 0 Å². The normalized spacial score (nSPS) is 18.9. The van der Waals surface area contributed by atoms with Crippen LogP contribution in [0, 0.1) is 0 Å². The van der Waals surface area contributed by atoms with E-state index in [1.807, 2.05) is 0 Å². The number of morpholine rings is 1. The van der Waals surface area contributed by atoms with Crippen molar-refractivity contribution in [2.45, 2.75) is 6.10 Å². The zero-order valence-electron chi connectivity index (χ0n) is 9.98. The second-order valence-corrected chi connectivity index (χ2v) is 4.46. The Morgan fingerprint density at radius 1 is 1.47 bits per heavy atom. The summed E-state index contributed by atoms with van der Waals surface area (Å²) in [6.45, 7) is 1.66. The van der Waals surface area contributed by atoms with Gasteiger partial charge in [0.15, 0.2) is 0 Å². The summed E-state index contributed by atoms with van der Waals surface area (Å²) in [6.07, 6.45) is -0.549. The lowest BCUT2D eigenvalue weighted by atomic mass is 10.2. The zero-order valence-corrected chi connectivity index (χ0v) is 10.7. The number of nitrogens with one attached hydrogen (secondary N) is 2. The Hall–Kier alpha value is -1.63. The average molecular weight is 285 g/mol. The van der Waals surface area contributed by atoms with E-state index in [1.165, 1.54) is 18.2 Å². The molecule has 19 heavy (non-hydrogen) atoms. The Morgan fingerprint density at radius 3 is 2.84 bits per heavy atom. The third-order valence-corrected chi connectivity index (χ3v) is 3.00. The zero-order chi connectivity index (χ0) is 13.8. The molecule has 2 rings (SSSR count). The van der Waals surface area contributed by atoms with Gasteiger partial charge in [-0.2, -0.15) is 0 Å². The van der Waals surface area contributed by atoms with Crippen molar-refractivity contribution < 1.29 is 19.4 Å². The van der Waals surface area contributed by atoms with E-state index >= 15 is 0 Å². The lowest BCUT2D eigenvalue weighted by Crippen LogP contribution is -2.45. The van der Waals surface area contributed by atoms with Gasteiger partial charge in [-0.25, -0.2) is 4.79 Å². The van der Waals surface area contributed by atoms with Crippen LogP contribution in [0.3, 0.4) is 0 Å². The van der Waals surface area contributed by atoms with Gasteiger partial charge in [0.05, 0.1) is 17.2 Å². The Kier molecular flexibility index (Phi) is 4.36. The van der Waals surface area contributed by atoms with Crippen LogP contribution in [0.5, 0.6) is 0 Å². The summed E-state index contributed by atoms with van der Waals surface area (Å²) in [6, 6.07) is 4.24. The molecule has 0 radical (unpaired) electrons. The van der Waals surface area contributed by atoms with Crippen molar-refractivity contribution in [2.75, 3.05) is 25.0 Å². The van der Waals surface area contributed by atoms with Gasteiger partial charge in [-0.3, -0.25) is 4.79 Å². The van der Waals surface area contributed by atoms with Gasteiger partial charge in [0.1, 0.15) is 6.10 Å². The topological polar surface area (TPSA) is 87.7 Å². The number of carboxylic acids is 1. The van der Waals surface area contributed by atoms with Crippen molar-refractivity contribution in [3.8, 4) is 0 Å². The molecule has 0 bridgehead atoms. The van der Waals surface area contributed by atoms with Crippen LogP contribution >= 0.6 is 11.6 Å². The number of ether oxygens (including phenoxy) is 1. The van der Waals surface area contributed by atoms with Gasteiger partial charge in [-0.1, -0.05) is 11.6 Å². The van der Waals surface area contributed by atoms with E-state index in [1.54, 1.807) is 0 Å². The molecule has 6 nitrogen and oxygen atoms in total. The summed E-state index contributed by atoms with van der Waals surface area (Å²) in [5, 5.41) is 14.6. The highest BCUT2D eigenvalue weighted by Gasteiger charge is 2.22. The summed E-state index contributed by atoms with van der Waals surface area (Å²) in [4.78, 5) is 22.7. The van der Waals surface area contributed by atoms with Gasteiger partial charge in [0.2, 0.25) is 0 Å².